The van der Waals surface area contributed by atoms with Crippen LogP contribution in [-0.2, 0) is 0 Å². The number of halogens is 1. The van der Waals surface area contributed by atoms with Gasteiger partial charge in [-0.15, -0.1) is 0 Å². The Morgan fingerprint density at radius 3 is 2.38 bits per heavy atom. The average molecular weight is 175 g/mol. The monoisotopic (exact) mass is 174 g/mol. The fourth-order valence-corrected chi connectivity index (χ4v) is 0.727. The number of imidazole rings is 1. The summed E-state index contributed by atoms with van der Waals surface area (Å²) in [6, 6.07) is 0. The molecule has 0 N–H and O–H groups in total. The second-order valence-electron chi connectivity index (χ2n) is 1.73. The van der Waals surface area contributed by atoms with Gasteiger partial charge in [0.05, 0.1) is 16.1 Å². The van der Waals surface area contributed by atoms with Gasteiger partial charge in [0.25, 0.3) is 0 Å². The lowest BCUT2D eigenvalue weighted by Gasteiger charge is -1.90. The molecule has 0 saturated heterocycles. The number of rotatable bonds is 0. The summed E-state index contributed by atoms with van der Waals surface area (Å²) in [5.74, 6) is 0.988. The minimum Gasteiger partial charge on any atom is -0.267 e. The summed E-state index contributed by atoms with van der Waals surface area (Å²) in [6.07, 6.45) is 1.82. The largest absolute Gasteiger partial charge is 0.267 e. The third-order valence-electron chi connectivity index (χ3n) is 1.03. The second-order valence-corrected chi connectivity index (χ2v) is 2.44. The maximum Gasteiger partial charge on any atom is 0.115 e. The zero-order valence-electron chi connectivity index (χ0n) is 4.85. The zero-order chi connectivity index (χ0) is 6.15. The van der Waals surface area contributed by atoms with Gasteiger partial charge in [-0.05, 0) is 13.8 Å². The lowest BCUT2D eigenvalue weighted by Crippen LogP contribution is -1.83. The van der Waals surface area contributed by atoms with Crippen LogP contribution >= 0.6 is 16.1 Å². The quantitative estimate of drug-likeness (QED) is 0.586. The van der Waals surface area contributed by atoms with Crippen LogP contribution in [0.1, 0.15) is 11.5 Å². The van der Waals surface area contributed by atoms with Crippen molar-refractivity contribution in [1.29, 1.82) is 0 Å². The molecular formula is C5H7BrN2. The molecule has 0 saturated carbocycles. The highest BCUT2D eigenvalue weighted by Crippen LogP contribution is 2.04. The van der Waals surface area contributed by atoms with Gasteiger partial charge in [-0.25, -0.2) is 4.98 Å². The molecule has 0 aliphatic carbocycles. The predicted octanol–water partition coefficient (Wildman–Crippen LogP) is 1.66. The van der Waals surface area contributed by atoms with Crippen molar-refractivity contribution >= 4 is 16.1 Å². The molecule has 0 spiro atoms. The van der Waals surface area contributed by atoms with Crippen LogP contribution in [0.4, 0.5) is 0 Å². The summed E-state index contributed by atoms with van der Waals surface area (Å²) in [7, 11) is 0. The molecule has 0 amide bonds. The van der Waals surface area contributed by atoms with Gasteiger partial charge in [-0.1, -0.05) is 0 Å². The fraction of sp³-hybridized carbons (Fsp3) is 0.400. The van der Waals surface area contributed by atoms with Gasteiger partial charge in [0.2, 0.25) is 0 Å². The maximum absolute atomic E-state index is 4.03. The Hall–Kier alpha value is -0.310. The van der Waals surface area contributed by atoms with E-state index in [0.29, 0.717) is 0 Å². The predicted molar refractivity (Wildman–Crippen MR) is 36.0 cm³/mol. The topological polar surface area (TPSA) is 17.8 Å². The van der Waals surface area contributed by atoms with Crippen molar-refractivity contribution in [1.82, 2.24) is 8.58 Å². The molecule has 3 heteroatoms. The van der Waals surface area contributed by atoms with Gasteiger partial charge >= 0.3 is 0 Å². The summed E-state index contributed by atoms with van der Waals surface area (Å²) in [5, 5.41) is 0. The molecular weight excluding hydrogens is 168 g/mol. The highest BCUT2D eigenvalue weighted by Gasteiger charge is 1.94. The van der Waals surface area contributed by atoms with Crippen molar-refractivity contribution < 1.29 is 0 Å². The summed E-state index contributed by atoms with van der Waals surface area (Å²) in [5.41, 5.74) is 1.13. The van der Waals surface area contributed by atoms with Crippen LogP contribution in [0.3, 0.4) is 0 Å². The molecule has 1 aromatic heterocycles. The van der Waals surface area contributed by atoms with Crippen molar-refractivity contribution in [3.8, 4) is 0 Å². The third kappa shape index (κ3) is 0.777. The molecule has 1 heterocycles. The van der Waals surface area contributed by atoms with Crippen LogP contribution in [0.2, 0.25) is 0 Å². The van der Waals surface area contributed by atoms with Crippen molar-refractivity contribution in [3.63, 3.8) is 0 Å². The Labute approximate surface area is 56.9 Å². The van der Waals surface area contributed by atoms with Crippen molar-refractivity contribution in [3.05, 3.63) is 17.7 Å². The standard InChI is InChI=1S/C5H7BrN2/c1-4-3-7-5(2)8(4)6/h3H,1-2H3. The highest BCUT2D eigenvalue weighted by atomic mass is 79.9. The van der Waals surface area contributed by atoms with Crippen LogP contribution in [-0.4, -0.2) is 8.58 Å². The molecule has 0 atom stereocenters. The van der Waals surface area contributed by atoms with Crippen LogP contribution < -0.4 is 0 Å². The summed E-state index contributed by atoms with van der Waals surface area (Å²) >= 11 is 3.30. The molecule has 0 unspecified atom stereocenters. The van der Waals surface area contributed by atoms with Crippen LogP contribution in [0.15, 0.2) is 6.20 Å². The van der Waals surface area contributed by atoms with Crippen LogP contribution in [0.5, 0.6) is 0 Å². The number of hydrogen-bond acceptors (Lipinski definition) is 1. The molecule has 0 bridgehead atoms. The van der Waals surface area contributed by atoms with Gasteiger partial charge < -0.3 is 0 Å². The van der Waals surface area contributed by atoms with E-state index in [1.165, 1.54) is 0 Å². The smallest absolute Gasteiger partial charge is 0.115 e. The molecule has 0 aliphatic heterocycles. The van der Waals surface area contributed by atoms with Gasteiger partial charge in [0.1, 0.15) is 5.82 Å². The van der Waals surface area contributed by atoms with E-state index in [9.17, 15) is 0 Å². The second kappa shape index (κ2) is 1.90. The number of hydrogen-bond donors (Lipinski definition) is 0. The molecule has 44 valence electrons. The van der Waals surface area contributed by atoms with Crippen molar-refractivity contribution in [2.75, 3.05) is 0 Å². The Balaban J connectivity index is 3.19. The fourth-order valence-electron chi connectivity index (χ4n) is 0.543. The molecule has 0 radical (unpaired) electrons. The minimum atomic E-state index is 0.988. The van der Waals surface area contributed by atoms with Crippen molar-refractivity contribution in [2.45, 2.75) is 13.8 Å². The molecule has 0 fully saturated rings. The van der Waals surface area contributed by atoms with Gasteiger partial charge in [-0.2, -0.15) is 0 Å². The first-order valence-corrected chi connectivity index (χ1v) is 3.10. The van der Waals surface area contributed by atoms with E-state index in [1.54, 1.807) is 0 Å². The molecule has 1 aromatic rings. The first kappa shape index (κ1) is 5.82. The normalized spacial score (nSPS) is 9.88. The Kier molecular flexibility index (Phi) is 1.38. The van der Waals surface area contributed by atoms with Crippen LogP contribution in [0, 0.1) is 13.8 Å². The zero-order valence-corrected chi connectivity index (χ0v) is 6.44. The first-order chi connectivity index (χ1) is 3.72. The maximum atomic E-state index is 4.03. The van der Waals surface area contributed by atoms with Gasteiger partial charge in [0.15, 0.2) is 0 Å². The summed E-state index contributed by atoms with van der Waals surface area (Å²) in [4.78, 5) is 4.03. The number of aromatic nitrogens is 2. The summed E-state index contributed by atoms with van der Waals surface area (Å²) < 4.78 is 1.87. The lowest BCUT2D eigenvalue weighted by molar-refractivity contribution is 1.08. The molecule has 8 heavy (non-hydrogen) atoms. The van der Waals surface area contributed by atoms with Gasteiger partial charge in [0, 0.05) is 11.9 Å². The van der Waals surface area contributed by atoms with E-state index in [2.05, 4.69) is 21.1 Å². The highest BCUT2D eigenvalue weighted by molar-refractivity contribution is 9.08. The van der Waals surface area contributed by atoms with E-state index in [0.717, 1.165) is 11.5 Å². The van der Waals surface area contributed by atoms with E-state index in [-0.39, 0.29) is 0 Å². The molecule has 0 aromatic carbocycles. The molecule has 2 nitrogen and oxygen atoms in total. The van der Waals surface area contributed by atoms with E-state index in [4.69, 9.17) is 0 Å². The van der Waals surface area contributed by atoms with Gasteiger partial charge in [-0.3, -0.25) is 3.59 Å². The van der Waals surface area contributed by atoms with E-state index < -0.39 is 0 Å². The lowest BCUT2D eigenvalue weighted by atomic mass is 10.6. The summed E-state index contributed by atoms with van der Waals surface area (Å²) in [6.45, 7) is 3.94. The SMILES string of the molecule is Cc1cnc(C)n1Br. The average Bonchev–Trinajstić information content (AvgIpc) is 1.98. The van der Waals surface area contributed by atoms with Crippen molar-refractivity contribution in [2.24, 2.45) is 0 Å². The third-order valence-corrected chi connectivity index (χ3v) is 2.10. The first-order valence-electron chi connectivity index (χ1n) is 2.39. The Morgan fingerprint density at radius 1 is 1.62 bits per heavy atom. The number of nitrogens with zero attached hydrogens (tertiary/aromatic N) is 2. The van der Waals surface area contributed by atoms with E-state index in [1.807, 2.05) is 23.6 Å². The Morgan fingerprint density at radius 2 is 2.25 bits per heavy atom. The minimum absolute atomic E-state index is 0.988. The number of aryl methyl sites for hydroxylation is 2. The Bertz CT molecular complexity index is 173. The van der Waals surface area contributed by atoms with Crippen LogP contribution in [0.25, 0.3) is 0 Å². The molecule has 0 aliphatic rings. The molecule has 1 rings (SSSR count). The van der Waals surface area contributed by atoms with E-state index >= 15 is 0 Å².